The highest BCUT2D eigenvalue weighted by Crippen LogP contribution is 2.12. The summed E-state index contributed by atoms with van der Waals surface area (Å²) in [6, 6.07) is 9.84. The summed E-state index contributed by atoms with van der Waals surface area (Å²) in [6.45, 7) is 8.73. The first-order valence-corrected chi connectivity index (χ1v) is 6.88. The number of amides is 2. The zero-order valence-corrected chi connectivity index (χ0v) is 12.8. The van der Waals surface area contributed by atoms with Gasteiger partial charge in [0.1, 0.15) is 0 Å². The molecule has 0 bridgehead atoms. The van der Waals surface area contributed by atoms with Crippen molar-refractivity contribution in [2.24, 2.45) is 5.41 Å². The van der Waals surface area contributed by atoms with Crippen LogP contribution in [-0.4, -0.2) is 29.8 Å². The number of nitrogens with zero attached hydrogens (tertiary/aromatic N) is 1. The second kappa shape index (κ2) is 7.08. The van der Waals surface area contributed by atoms with Crippen molar-refractivity contribution in [3.8, 4) is 0 Å². The molecule has 2 amide bonds. The first kappa shape index (κ1) is 16.2. The van der Waals surface area contributed by atoms with Gasteiger partial charge in [-0.15, -0.1) is 0 Å². The van der Waals surface area contributed by atoms with E-state index in [2.05, 4.69) is 5.32 Å². The molecule has 4 nitrogen and oxygen atoms in total. The van der Waals surface area contributed by atoms with Crippen LogP contribution in [0.2, 0.25) is 0 Å². The molecule has 0 atom stereocenters. The van der Waals surface area contributed by atoms with Crippen molar-refractivity contribution in [1.82, 2.24) is 10.2 Å². The van der Waals surface area contributed by atoms with Crippen molar-refractivity contribution in [3.63, 3.8) is 0 Å². The van der Waals surface area contributed by atoms with Crippen LogP contribution < -0.4 is 5.32 Å². The van der Waals surface area contributed by atoms with Gasteiger partial charge in [-0.3, -0.25) is 9.59 Å². The maximum Gasteiger partial charge on any atom is 0.225 e. The van der Waals surface area contributed by atoms with Gasteiger partial charge in [-0.1, -0.05) is 51.1 Å². The van der Waals surface area contributed by atoms with Gasteiger partial charge in [-0.25, -0.2) is 0 Å². The number of nitrogens with one attached hydrogen (secondary N) is 1. The fourth-order valence-corrected chi connectivity index (χ4v) is 1.72. The zero-order valence-electron chi connectivity index (χ0n) is 12.8. The predicted octanol–water partition coefficient (Wildman–Crippen LogP) is 2.20. The lowest BCUT2D eigenvalue weighted by Crippen LogP contribution is -2.41. The van der Waals surface area contributed by atoms with Crippen molar-refractivity contribution < 1.29 is 9.59 Å². The molecule has 0 aliphatic heterocycles. The van der Waals surface area contributed by atoms with Crippen LogP contribution in [0.25, 0.3) is 0 Å². The van der Waals surface area contributed by atoms with E-state index < -0.39 is 5.41 Å². The van der Waals surface area contributed by atoms with Crippen molar-refractivity contribution in [1.29, 1.82) is 0 Å². The third-order valence-electron chi connectivity index (χ3n) is 3.01. The molecule has 0 spiro atoms. The minimum atomic E-state index is -0.402. The van der Waals surface area contributed by atoms with E-state index in [1.807, 2.05) is 51.1 Å². The standard InChI is InChI=1S/C16H24N2O2/c1-13(19)18(12-14-8-6-5-7-9-14)11-10-17-15(20)16(2,3)4/h5-9H,10-12H2,1-4H3,(H,17,20). The molecule has 1 aromatic rings. The third kappa shape index (κ3) is 5.43. The largest absolute Gasteiger partial charge is 0.354 e. The summed E-state index contributed by atoms with van der Waals surface area (Å²) in [7, 11) is 0. The molecule has 0 heterocycles. The average molecular weight is 276 g/mol. The first-order valence-electron chi connectivity index (χ1n) is 6.88. The monoisotopic (exact) mass is 276 g/mol. The van der Waals surface area contributed by atoms with E-state index >= 15 is 0 Å². The Hall–Kier alpha value is -1.84. The summed E-state index contributed by atoms with van der Waals surface area (Å²) in [5, 5.41) is 2.86. The zero-order chi connectivity index (χ0) is 15.2. The smallest absolute Gasteiger partial charge is 0.225 e. The van der Waals surface area contributed by atoms with E-state index in [9.17, 15) is 9.59 Å². The molecule has 0 aliphatic rings. The number of rotatable bonds is 5. The Labute approximate surface area is 121 Å². The van der Waals surface area contributed by atoms with Gasteiger partial charge in [0.15, 0.2) is 0 Å². The summed E-state index contributed by atoms with van der Waals surface area (Å²) >= 11 is 0. The number of hydrogen-bond donors (Lipinski definition) is 1. The van der Waals surface area contributed by atoms with E-state index in [1.165, 1.54) is 0 Å². The lowest BCUT2D eigenvalue weighted by atomic mass is 9.96. The van der Waals surface area contributed by atoms with Crippen LogP contribution in [0, 0.1) is 5.41 Å². The lowest BCUT2D eigenvalue weighted by molar-refractivity contribution is -0.131. The molecule has 20 heavy (non-hydrogen) atoms. The highest BCUT2D eigenvalue weighted by molar-refractivity contribution is 5.81. The Balaban J connectivity index is 2.49. The van der Waals surface area contributed by atoms with Crippen LogP contribution in [0.1, 0.15) is 33.3 Å². The first-order chi connectivity index (χ1) is 9.30. The highest BCUT2D eigenvalue weighted by Gasteiger charge is 2.20. The molecule has 0 saturated heterocycles. The van der Waals surface area contributed by atoms with E-state index in [4.69, 9.17) is 0 Å². The predicted molar refractivity (Wildman–Crippen MR) is 80.0 cm³/mol. The molecule has 0 aliphatic carbocycles. The van der Waals surface area contributed by atoms with Crippen molar-refractivity contribution in [2.45, 2.75) is 34.2 Å². The van der Waals surface area contributed by atoms with Crippen molar-refractivity contribution in [2.75, 3.05) is 13.1 Å². The topological polar surface area (TPSA) is 49.4 Å². The van der Waals surface area contributed by atoms with Crippen LogP contribution in [0.4, 0.5) is 0 Å². The molecular formula is C16H24N2O2. The Bertz CT molecular complexity index is 449. The van der Waals surface area contributed by atoms with Crippen LogP contribution in [0.3, 0.4) is 0 Å². The molecule has 0 saturated carbocycles. The van der Waals surface area contributed by atoms with Gasteiger partial charge in [0.25, 0.3) is 0 Å². The fourth-order valence-electron chi connectivity index (χ4n) is 1.72. The molecule has 1 rings (SSSR count). The molecule has 0 aromatic heterocycles. The highest BCUT2D eigenvalue weighted by atomic mass is 16.2. The fraction of sp³-hybridized carbons (Fsp3) is 0.500. The number of carbonyl (C=O) groups is 2. The minimum Gasteiger partial charge on any atom is -0.354 e. The Morgan fingerprint density at radius 3 is 2.25 bits per heavy atom. The van der Waals surface area contributed by atoms with E-state index in [1.54, 1.807) is 11.8 Å². The van der Waals surface area contributed by atoms with E-state index in [0.717, 1.165) is 5.56 Å². The van der Waals surface area contributed by atoms with Gasteiger partial charge in [0, 0.05) is 32.0 Å². The quantitative estimate of drug-likeness (QED) is 0.896. The maximum absolute atomic E-state index is 11.8. The van der Waals surface area contributed by atoms with E-state index in [-0.39, 0.29) is 11.8 Å². The number of hydrogen-bond acceptors (Lipinski definition) is 2. The lowest BCUT2D eigenvalue weighted by Gasteiger charge is -2.23. The molecule has 0 fully saturated rings. The van der Waals surface area contributed by atoms with Gasteiger partial charge >= 0.3 is 0 Å². The summed E-state index contributed by atoms with van der Waals surface area (Å²) < 4.78 is 0. The van der Waals surface area contributed by atoms with Gasteiger partial charge in [0.2, 0.25) is 11.8 Å². The molecule has 0 radical (unpaired) electrons. The van der Waals surface area contributed by atoms with Gasteiger partial charge in [-0.2, -0.15) is 0 Å². The second-order valence-corrected chi connectivity index (χ2v) is 5.93. The minimum absolute atomic E-state index is 0.000660. The second-order valence-electron chi connectivity index (χ2n) is 5.93. The average Bonchev–Trinajstić information content (AvgIpc) is 2.37. The SMILES string of the molecule is CC(=O)N(CCNC(=O)C(C)(C)C)Cc1ccccc1. The molecule has 110 valence electrons. The van der Waals surface area contributed by atoms with Crippen LogP contribution in [-0.2, 0) is 16.1 Å². The third-order valence-corrected chi connectivity index (χ3v) is 3.01. The number of carbonyl (C=O) groups excluding carboxylic acids is 2. The Kier molecular flexibility index (Phi) is 5.74. The number of benzene rings is 1. The van der Waals surface area contributed by atoms with Gasteiger partial charge < -0.3 is 10.2 Å². The summed E-state index contributed by atoms with van der Waals surface area (Å²) in [5.74, 6) is 0.0135. The summed E-state index contributed by atoms with van der Waals surface area (Å²) in [4.78, 5) is 25.1. The maximum atomic E-state index is 11.8. The van der Waals surface area contributed by atoms with Crippen molar-refractivity contribution >= 4 is 11.8 Å². The summed E-state index contributed by atoms with van der Waals surface area (Å²) in [6.07, 6.45) is 0. The summed E-state index contributed by atoms with van der Waals surface area (Å²) in [5.41, 5.74) is 0.686. The van der Waals surface area contributed by atoms with Crippen molar-refractivity contribution in [3.05, 3.63) is 35.9 Å². The van der Waals surface area contributed by atoms with Crippen LogP contribution in [0.5, 0.6) is 0 Å². The molecule has 1 aromatic carbocycles. The Morgan fingerprint density at radius 2 is 1.75 bits per heavy atom. The van der Waals surface area contributed by atoms with Crippen LogP contribution in [0.15, 0.2) is 30.3 Å². The van der Waals surface area contributed by atoms with Gasteiger partial charge in [0.05, 0.1) is 0 Å². The van der Waals surface area contributed by atoms with Crippen LogP contribution >= 0.6 is 0 Å². The molecule has 1 N–H and O–H groups in total. The molecule has 0 unspecified atom stereocenters. The normalized spacial score (nSPS) is 11.0. The molecule has 4 heteroatoms. The van der Waals surface area contributed by atoms with E-state index in [0.29, 0.717) is 19.6 Å². The van der Waals surface area contributed by atoms with Gasteiger partial charge in [-0.05, 0) is 5.56 Å². The Morgan fingerprint density at radius 1 is 1.15 bits per heavy atom. The molecular weight excluding hydrogens is 252 g/mol.